The smallest absolute Gasteiger partial charge is 0.462 e. The lowest BCUT2D eigenvalue weighted by atomic mass is 9.99. The lowest BCUT2D eigenvalue weighted by Gasteiger charge is -2.21. The molecular weight excluding hydrogens is 1170 g/mol. The van der Waals surface area contributed by atoms with E-state index in [2.05, 4.69) is 41.5 Å². The zero-order chi connectivity index (χ0) is 65.7. The van der Waals surface area contributed by atoms with Gasteiger partial charge in [0.2, 0.25) is 0 Å². The average molecular weight is 1310 g/mol. The van der Waals surface area contributed by atoms with Crippen LogP contribution in [0.1, 0.15) is 356 Å². The van der Waals surface area contributed by atoms with Crippen molar-refractivity contribution in [2.45, 2.75) is 374 Å². The van der Waals surface area contributed by atoms with Crippen molar-refractivity contribution >= 4 is 39.5 Å². The van der Waals surface area contributed by atoms with E-state index in [1.54, 1.807) is 0 Å². The fourth-order valence-corrected chi connectivity index (χ4v) is 12.1. The quantitative estimate of drug-likeness (QED) is 0.0222. The van der Waals surface area contributed by atoms with Crippen LogP contribution in [0.15, 0.2) is 0 Å². The Morgan fingerprint density at radius 1 is 0.326 bits per heavy atom. The molecule has 0 aliphatic heterocycles. The van der Waals surface area contributed by atoms with Gasteiger partial charge < -0.3 is 33.8 Å². The fraction of sp³-hybridized carbons (Fsp3) is 0.943. The average Bonchev–Trinajstić information content (AvgIpc) is 3.72. The molecule has 528 valence electrons. The van der Waals surface area contributed by atoms with Crippen molar-refractivity contribution in [3.8, 4) is 0 Å². The van der Waals surface area contributed by atoms with Crippen LogP contribution in [0.5, 0.6) is 0 Å². The van der Waals surface area contributed by atoms with E-state index in [1.165, 1.54) is 173 Å². The molecular formula is C70H136O17P2. The second-order valence-corrected chi connectivity index (χ2v) is 28.9. The molecule has 0 aliphatic carbocycles. The zero-order valence-corrected chi connectivity index (χ0v) is 59.5. The summed E-state index contributed by atoms with van der Waals surface area (Å²) in [4.78, 5) is 72.4. The molecule has 0 spiro atoms. The number of aliphatic hydroxyl groups excluding tert-OH is 1. The van der Waals surface area contributed by atoms with Crippen LogP contribution < -0.4 is 0 Å². The molecule has 0 aliphatic rings. The lowest BCUT2D eigenvalue weighted by Crippen LogP contribution is -2.30. The van der Waals surface area contributed by atoms with Crippen molar-refractivity contribution in [3.63, 3.8) is 0 Å². The highest BCUT2D eigenvalue weighted by Gasteiger charge is 2.30. The van der Waals surface area contributed by atoms with Crippen molar-refractivity contribution < 1.29 is 80.2 Å². The number of phosphoric ester groups is 2. The van der Waals surface area contributed by atoms with Gasteiger partial charge in [0, 0.05) is 25.7 Å². The van der Waals surface area contributed by atoms with E-state index in [0.717, 1.165) is 102 Å². The van der Waals surface area contributed by atoms with Gasteiger partial charge in [0.15, 0.2) is 12.2 Å². The molecule has 19 heteroatoms. The topological polar surface area (TPSA) is 237 Å². The van der Waals surface area contributed by atoms with Gasteiger partial charge in [-0.3, -0.25) is 37.3 Å². The van der Waals surface area contributed by atoms with Gasteiger partial charge in [-0.2, -0.15) is 0 Å². The van der Waals surface area contributed by atoms with Crippen molar-refractivity contribution in [3.05, 3.63) is 0 Å². The molecule has 3 N–H and O–H groups in total. The van der Waals surface area contributed by atoms with Crippen molar-refractivity contribution in [2.24, 2.45) is 11.8 Å². The second kappa shape index (κ2) is 62.2. The van der Waals surface area contributed by atoms with E-state index < -0.39 is 97.5 Å². The molecule has 17 nitrogen and oxygen atoms in total. The fourth-order valence-electron chi connectivity index (χ4n) is 10.6. The summed E-state index contributed by atoms with van der Waals surface area (Å²) < 4.78 is 68.2. The number of hydrogen-bond acceptors (Lipinski definition) is 15. The molecule has 0 bridgehead atoms. The monoisotopic (exact) mass is 1310 g/mol. The molecule has 0 saturated carbocycles. The largest absolute Gasteiger partial charge is 0.472 e. The van der Waals surface area contributed by atoms with E-state index >= 15 is 0 Å². The number of carbonyl (C=O) groups excluding carboxylic acids is 4. The molecule has 89 heavy (non-hydrogen) atoms. The number of hydrogen-bond donors (Lipinski definition) is 3. The predicted octanol–water partition coefficient (Wildman–Crippen LogP) is 20.0. The molecule has 0 aromatic heterocycles. The number of esters is 4. The number of ether oxygens (including phenoxy) is 4. The number of rotatable bonds is 69. The van der Waals surface area contributed by atoms with Crippen molar-refractivity contribution in [2.75, 3.05) is 39.6 Å². The Bertz CT molecular complexity index is 1740. The van der Waals surface area contributed by atoms with Gasteiger partial charge in [0.25, 0.3) is 0 Å². The Morgan fingerprint density at radius 2 is 0.573 bits per heavy atom. The lowest BCUT2D eigenvalue weighted by molar-refractivity contribution is -0.161. The summed E-state index contributed by atoms with van der Waals surface area (Å²) in [6.45, 7) is 9.55. The van der Waals surface area contributed by atoms with Gasteiger partial charge in [-0.15, -0.1) is 0 Å². The minimum Gasteiger partial charge on any atom is -0.462 e. The van der Waals surface area contributed by atoms with Gasteiger partial charge in [-0.25, -0.2) is 9.13 Å². The number of carbonyl (C=O) groups is 4. The van der Waals surface area contributed by atoms with Gasteiger partial charge >= 0.3 is 39.5 Å². The van der Waals surface area contributed by atoms with E-state index in [4.69, 9.17) is 37.0 Å². The number of unbranched alkanes of at least 4 members (excludes halogenated alkanes) is 38. The predicted molar refractivity (Wildman–Crippen MR) is 358 cm³/mol. The van der Waals surface area contributed by atoms with Gasteiger partial charge in [0.1, 0.15) is 19.3 Å². The van der Waals surface area contributed by atoms with E-state index in [0.29, 0.717) is 25.7 Å². The third kappa shape index (κ3) is 63.2. The summed E-state index contributed by atoms with van der Waals surface area (Å²) >= 11 is 0. The molecule has 0 amide bonds. The van der Waals surface area contributed by atoms with Gasteiger partial charge in [-0.1, -0.05) is 305 Å². The standard InChI is InChI=1S/C70H136O17P2/c1-7-10-12-14-16-26-34-40-46-52-67(72)80-58-65(86-69(74)54-48-42-36-27-17-15-13-11-8-2)60-84-88(76,77)82-56-64(71)57-83-89(78,79)85-61-66(59-81-68(73)53-47-41-35-31-30-33-39-45-51-63(6)9-3)87-70(75)55-49-43-37-29-25-23-21-19-18-20-22-24-28-32-38-44-50-62(4)5/h62-66,71H,7-61H2,1-6H3,(H,76,77)(H,78,79)/t63?,64-,65+,66+/m0/s1. The minimum atomic E-state index is -4.95. The Hall–Kier alpha value is -1.94. The second-order valence-electron chi connectivity index (χ2n) is 26.0. The molecule has 0 radical (unpaired) electrons. The zero-order valence-electron chi connectivity index (χ0n) is 57.7. The summed E-state index contributed by atoms with van der Waals surface area (Å²) in [5.41, 5.74) is 0. The summed E-state index contributed by atoms with van der Waals surface area (Å²) in [6, 6.07) is 0. The highest BCUT2D eigenvalue weighted by Crippen LogP contribution is 2.45. The Balaban J connectivity index is 5.19. The molecule has 0 heterocycles. The maximum Gasteiger partial charge on any atom is 0.472 e. The normalized spacial score (nSPS) is 14.4. The van der Waals surface area contributed by atoms with Crippen LogP contribution in [-0.4, -0.2) is 96.7 Å². The molecule has 6 atom stereocenters. The maximum atomic E-state index is 13.0. The van der Waals surface area contributed by atoms with E-state index in [9.17, 15) is 43.2 Å². The highest BCUT2D eigenvalue weighted by atomic mass is 31.2. The summed E-state index contributed by atoms with van der Waals surface area (Å²) in [7, 11) is -9.89. The summed E-state index contributed by atoms with van der Waals surface area (Å²) in [6.07, 6.45) is 47.2. The molecule has 0 rings (SSSR count). The minimum absolute atomic E-state index is 0.106. The number of aliphatic hydroxyl groups is 1. The van der Waals surface area contributed by atoms with Gasteiger partial charge in [0.05, 0.1) is 26.4 Å². The van der Waals surface area contributed by atoms with Gasteiger partial charge in [-0.05, 0) is 37.5 Å². The maximum absolute atomic E-state index is 13.0. The van der Waals surface area contributed by atoms with Crippen LogP contribution in [-0.2, 0) is 65.4 Å². The van der Waals surface area contributed by atoms with Crippen LogP contribution in [0.3, 0.4) is 0 Å². The van der Waals surface area contributed by atoms with Crippen molar-refractivity contribution in [1.82, 2.24) is 0 Å². The third-order valence-corrected chi connectivity index (χ3v) is 18.5. The Kier molecular flexibility index (Phi) is 60.8. The molecule has 0 saturated heterocycles. The molecule has 0 aromatic carbocycles. The van der Waals surface area contributed by atoms with Crippen LogP contribution in [0, 0.1) is 11.8 Å². The summed E-state index contributed by atoms with van der Waals surface area (Å²) in [5.74, 6) is -0.540. The first kappa shape index (κ1) is 87.1. The third-order valence-electron chi connectivity index (χ3n) is 16.6. The first-order valence-electron chi connectivity index (χ1n) is 36.5. The molecule has 3 unspecified atom stereocenters. The molecule has 0 aromatic rings. The first-order chi connectivity index (χ1) is 42.9. The Morgan fingerprint density at radius 3 is 0.854 bits per heavy atom. The Labute approximate surface area is 543 Å². The van der Waals surface area contributed by atoms with E-state index in [1.807, 2.05) is 0 Å². The SMILES string of the molecule is CCCCCCCCCCCC(=O)OC[C@H](COP(=O)(O)OC[C@H](O)COP(=O)(O)OC[C@@H](COC(=O)CCCCCCCCCCC(C)CC)OC(=O)CCCCCCCCCCCCCCCCCCC(C)C)OC(=O)CCCCCCCCCCC. The van der Waals surface area contributed by atoms with Crippen LogP contribution in [0.2, 0.25) is 0 Å². The number of phosphoric acid groups is 2. The van der Waals surface area contributed by atoms with Crippen LogP contribution in [0.25, 0.3) is 0 Å². The molecule has 0 fully saturated rings. The highest BCUT2D eigenvalue weighted by molar-refractivity contribution is 7.47. The van der Waals surface area contributed by atoms with Crippen LogP contribution in [0.4, 0.5) is 0 Å². The van der Waals surface area contributed by atoms with Crippen molar-refractivity contribution in [1.29, 1.82) is 0 Å². The first-order valence-corrected chi connectivity index (χ1v) is 39.5. The summed E-state index contributed by atoms with van der Waals surface area (Å²) in [5, 5.41) is 10.6. The van der Waals surface area contributed by atoms with Crippen LogP contribution >= 0.6 is 15.6 Å². The van der Waals surface area contributed by atoms with E-state index in [-0.39, 0.29) is 25.7 Å².